The maximum Gasteiger partial charge on any atom is 0.305 e. The number of nitrogens with zero attached hydrogens (tertiary/aromatic N) is 1. The second-order valence-corrected chi connectivity index (χ2v) is 5.54. The quantitative estimate of drug-likeness (QED) is 0.636. The Kier molecular flexibility index (Phi) is 4.27. The second kappa shape index (κ2) is 5.22. The van der Waals surface area contributed by atoms with E-state index in [1.807, 2.05) is 0 Å². The zero-order valence-corrected chi connectivity index (χ0v) is 11.5. The van der Waals surface area contributed by atoms with Gasteiger partial charge in [-0.1, -0.05) is 12.1 Å². The van der Waals surface area contributed by atoms with Crippen molar-refractivity contribution in [3.8, 4) is 0 Å². The van der Waals surface area contributed by atoms with Crippen molar-refractivity contribution in [2.75, 3.05) is 0 Å². The van der Waals surface area contributed by atoms with E-state index in [2.05, 4.69) is 5.32 Å². The van der Waals surface area contributed by atoms with Crippen LogP contribution < -0.4 is 5.32 Å². The van der Waals surface area contributed by atoms with Crippen LogP contribution in [0.3, 0.4) is 0 Å². The molecule has 0 aromatic heterocycles. The summed E-state index contributed by atoms with van der Waals surface area (Å²) in [5.74, 6) is -0.841. The van der Waals surface area contributed by atoms with Gasteiger partial charge < -0.3 is 10.4 Å². The van der Waals surface area contributed by atoms with Crippen molar-refractivity contribution >= 4 is 5.69 Å². The van der Waals surface area contributed by atoms with Gasteiger partial charge in [0.2, 0.25) is 5.82 Å². The lowest BCUT2D eigenvalue weighted by Gasteiger charge is -2.38. The fourth-order valence-electron chi connectivity index (χ4n) is 1.38. The van der Waals surface area contributed by atoms with Crippen LogP contribution in [0.25, 0.3) is 0 Å². The number of halogens is 1. The number of aliphatic hydroxyl groups is 1. The van der Waals surface area contributed by atoms with E-state index in [4.69, 9.17) is 0 Å². The first kappa shape index (κ1) is 15.5. The second-order valence-electron chi connectivity index (χ2n) is 5.54. The van der Waals surface area contributed by atoms with Gasteiger partial charge in [0.25, 0.3) is 0 Å². The van der Waals surface area contributed by atoms with E-state index in [1.54, 1.807) is 27.7 Å². The van der Waals surface area contributed by atoms with E-state index >= 15 is 0 Å². The molecule has 0 amide bonds. The molecule has 106 valence electrons. The van der Waals surface area contributed by atoms with Crippen LogP contribution in [0.5, 0.6) is 0 Å². The molecule has 0 radical (unpaired) electrons. The minimum atomic E-state index is -1.01. The van der Waals surface area contributed by atoms with Crippen LogP contribution in [0.2, 0.25) is 0 Å². The van der Waals surface area contributed by atoms with Crippen LogP contribution in [0.1, 0.15) is 33.3 Å². The molecule has 0 heterocycles. The number of nitrogens with one attached hydrogen (secondary N) is 1. The standard InChI is InChI=1S/C13H19FN2O3/c1-12(2,13(3,4)17)15-8-9-6-5-7-10(11(9)14)16(18)19/h5-7,15,17H,8H2,1-4H3. The molecule has 0 saturated carbocycles. The zero-order chi connectivity index (χ0) is 14.8. The lowest BCUT2D eigenvalue weighted by atomic mass is 9.86. The average Bonchev–Trinajstić information content (AvgIpc) is 2.25. The highest BCUT2D eigenvalue weighted by Gasteiger charge is 2.34. The number of nitro groups is 1. The molecule has 1 rings (SSSR count). The van der Waals surface area contributed by atoms with Crippen LogP contribution in [0, 0.1) is 15.9 Å². The molecule has 0 aliphatic heterocycles. The molecule has 0 aliphatic rings. The number of benzene rings is 1. The first-order chi connectivity index (χ1) is 8.56. The molecule has 0 bridgehead atoms. The molecular formula is C13H19FN2O3. The predicted molar refractivity (Wildman–Crippen MR) is 70.3 cm³/mol. The van der Waals surface area contributed by atoms with Crippen molar-refractivity contribution in [1.82, 2.24) is 5.32 Å². The molecule has 2 N–H and O–H groups in total. The molecule has 0 fully saturated rings. The summed E-state index contributed by atoms with van der Waals surface area (Å²) >= 11 is 0. The van der Waals surface area contributed by atoms with E-state index in [0.29, 0.717) is 0 Å². The molecule has 1 aromatic carbocycles. The van der Waals surface area contributed by atoms with Gasteiger partial charge in [-0.05, 0) is 27.7 Å². The monoisotopic (exact) mass is 270 g/mol. The number of hydrogen-bond acceptors (Lipinski definition) is 4. The summed E-state index contributed by atoms with van der Waals surface area (Å²) in [6.07, 6.45) is 0. The van der Waals surface area contributed by atoms with Crippen LogP contribution in [-0.2, 0) is 6.54 Å². The van der Waals surface area contributed by atoms with Crippen LogP contribution >= 0.6 is 0 Å². The van der Waals surface area contributed by atoms with Gasteiger partial charge in [0.1, 0.15) is 0 Å². The largest absolute Gasteiger partial charge is 0.389 e. The molecule has 0 saturated heterocycles. The Hall–Kier alpha value is -1.53. The molecule has 0 aliphatic carbocycles. The molecule has 1 aromatic rings. The fourth-order valence-corrected chi connectivity index (χ4v) is 1.38. The highest BCUT2D eigenvalue weighted by atomic mass is 19.1. The maximum atomic E-state index is 13.9. The fraction of sp³-hybridized carbons (Fsp3) is 0.538. The van der Waals surface area contributed by atoms with Crippen LogP contribution in [-0.4, -0.2) is 21.2 Å². The van der Waals surface area contributed by atoms with E-state index in [0.717, 1.165) is 6.07 Å². The van der Waals surface area contributed by atoms with Gasteiger partial charge in [0, 0.05) is 23.7 Å². The van der Waals surface area contributed by atoms with Crippen molar-refractivity contribution in [3.63, 3.8) is 0 Å². The Balaban J connectivity index is 2.91. The number of hydrogen-bond donors (Lipinski definition) is 2. The molecule has 0 unspecified atom stereocenters. The average molecular weight is 270 g/mol. The third-order valence-electron chi connectivity index (χ3n) is 3.51. The van der Waals surface area contributed by atoms with Gasteiger partial charge in [-0.25, -0.2) is 0 Å². The Morgan fingerprint density at radius 2 is 1.95 bits per heavy atom. The summed E-state index contributed by atoms with van der Waals surface area (Å²) in [5, 5.41) is 23.6. The SMILES string of the molecule is CC(C)(O)C(C)(C)NCc1cccc([N+](=O)[O-])c1F. The van der Waals surface area contributed by atoms with Gasteiger partial charge in [0.05, 0.1) is 10.5 Å². The number of rotatable bonds is 5. The predicted octanol–water partition coefficient (Wildman–Crippen LogP) is 2.37. The van der Waals surface area contributed by atoms with Crippen molar-refractivity contribution in [2.45, 2.75) is 45.4 Å². The lowest BCUT2D eigenvalue weighted by molar-refractivity contribution is -0.387. The Labute approximate surface area is 111 Å². The molecule has 5 nitrogen and oxygen atoms in total. The summed E-state index contributed by atoms with van der Waals surface area (Å²) in [7, 11) is 0. The summed E-state index contributed by atoms with van der Waals surface area (Å²) in [4.78, 5) is 9.89. The summed E-state index contributed by atoms with van der Waals surface area (Å²) in [5.41, 5.74) is -2.01. The first-order valence-electron chi connectivity index (χ1n) is 5.95. The molecule has 0 spiro atoms. The van der Waals surface area contributed by atoms with Crippen molar-refractivity contribution in [2.24, 2.45) is 0 Å². The van der Waals surface area contributed by atoms with Crippen molar-refractivity contribution in [3.05, 3.63) is 39.7 Å². The van der Waals surface area contributed by atoms with Gasteiger partial charge in [-0.3, -0.25) is 10.1 Å². The molecule has 19 heavy (non-hydrogen) atoms. The normalized spacial score (nSPS) is 12.5. The van der Waals surface area contributed by atoms with E-state index < -0.39 is 27.6 Å². The Morgan fingerprint density at radius 1 is 1.37 bits per heavy atom. The summed E-state index contributed by atoms with van der Waals surface area (Å²) in [6.45, 7) is 6.95. The highest BCUT2D eigenvalue weighted by Crippen LogP contribution is 2.23. The minimum Gasteiger partial charge on any atom is -0.389 e. The van der Waals surface area contributed by atoms with Crippen molar-refractivity contribution < 1.29 is 14.4 Å². The van der Waals surface area contributed by atoms with Gasteiger partial charge in [-0.15, -0.1) is 0 Å². The van der Waals surface area contributed by atoms with Gasteiger partial charge in [-0.2, -0.15) is 4.39 Å². The van der Waals surface area contributed by atoms with Crippen LogP contribution in [0.15, 0.2) is 18.2 Å². The smallest absolute Gasteiger partial charge is 0.305 e. The van der Waals surface area contributed by atoms with Crippen LogP contribution in [0.4, 0.5) is 10.1 Å². The molecule has 0 atom stereocenters. The van der Waals surface area contributed by atoms with Crippen molar-refractivity contribution in [1.29, 1.82) is 0 Å². The lowest BCUT2D eigenvalue weighted by Crippen LogP contribution is -2.55. The Morgan fingerprint density at radius 3 is 2.42 bits per heavy atom. The third kappa shape index (κ3) is 3.48. The molecule has 6 heteroatoms. The zero-order valence-electron chi connectivity index (χ0n) is 11.5. The van der Waals surface area contributed by atoms with E-state index in [9.17, 15) is 19.6 Å². The van der Waals surface area contributed by atoms with Gasteiger partial charge in [0.15, 0.2) is 0 Å². The molecular weight excluding hydrogens is 251 g/mol. The summed E-state index contributed by atoms with van der Waals surface area (Å²) < 4.78 is 13.9. The van der Waals surface area contributed by atoms with E-state index in [-0.39, 0.29) is 12.1 Å². The topological polar surface area (TPSA) is 75.4 Å². The summed E-state index contributed by atoms with van der Waals surface area (Å²) in [6, 6.07) is 4.05. The highest BCUT2D eigenvalue weighted by molar-refractivity contribution is 5.36. The first-order valence-corrected chi connectivity index (χ1v) is 5.95. The Bertz CT molecular complexity index is 481. The van der Waals surface area contributed by atoms with Gasteiger partial charge >= 0.3 is 5.69 Å². The number of nitro benzene ring substituents is 1. The third-order valence-corrected chi connectivity index (χ3v) is 3.51. The van der Waals surface area contributed by atoms with E-state index in [1.165, 1.54) is 12.1 Å². The minimum absolute atomic E-state index is 0.102. The maximum absolute atomic E-state index is 13.9.